The molecule has 0 bridgehead atoms. The first-order valence-electron chi connectivity index (χ1n) is 7.41. The van der Waals surface area contributed by atoms with Gasteiger partial charge in [-0.1, -0.05) is 50.0 Å². The van der Waals surface area contributed by atoms with Crippen LogP contribution in [0.15, 0.2) is 42.2 Å². The third kappa shape index (κ3) is 4.46. The first-order valence-corrected chi connectivity index (χ1v) is 11.1. The van der Waals surface area contributed by atoms with E-state index in [1.165, 1.54) is 12.7 Å². The summed E-state index contributed by atoms with van der Waals surface area (Å²) in [6.07, 6.45) is 2.93. The van der Waals surface area contributed by atoms with Crippen LogP contribution in [-0.2, 0) is 14.3 Å². The van der Waals surface area contributed by atoms with Gasteiger partial charge < -0.3 is 9.47 Å². The van der Waals surface area contributed by atoms with Gasteiger partial charge in [0.1, 0.15) is 0 Å². The highest BCUT2D eigenvalue weighted by molar-refractivity contribution is 6.76. The summed E-state index contributed by atoms with van der Waals surface area (Å²) in [6, 6.07) is 11.3. The number of benzene rings is 1. The van der Waals surface area contributed by atoms with Crippen molar-refractivity contribution in [3.8, 4) is 0 Å². The summed E-state index contributed by atoms with van der Waals surface area (Å²) < 4.78 is 10.7. The molecule has 1 aliphatic rings. The Hall–Kier alpha value is -1.55. The molecule has 3 nitrogen and oxygen atoms in total. The number of rotatable bonds is 4. The highest BCUT2D eigenvalue weighted by atomic mass is 28.3. The standard InChI is InChI=1S/C17H24O3Si/c1-19-17(18)16-11-14(13-8-6-5-7-9-13)10-15(20-16)12-21(2,3)4/h5-9,11,14-15H,10,12H2,1-4H3. The van der Waals surface area contributed by atoms with Crippen molar-refractivity contribution in [3.05, 3.63) is 47.7 Å². The van der Waals surface area contributed by atoms with E-state index in [2.05, 4.69) is 31.8 Å². The van der Waals surface area contributed by atoms with Gasteiger partial charge in [-0.15, -0.1) is 0 Å². The van der Waals surface area contributed by atoms with Gasteiger partial charge in [0.2, 0.25) is 5.76 Å². The SMILES string of the molecule is COC(=O)C1=CC(c2ccccc2)CC(C[Si](C)(C)C)O1. The predicted molar refractivity (Wildman–Crippen MR) is 86.9 cm³/mol. The molecule has 4 heteroatoms. The predicted octanol–water partition coefficient (Wildman–Crippen LogP) is 3.95. The van der Waals surface area contributed by atoms with Gasteiger partial charge in [0.05, 0.1) is 13.2 Å². The van der Waals surface area contributed by atoms with E-state index in [1.54, 1.807) is 0 Å². The lowest BCUT2D eigenvalue weighted by atomic mass is 9.91. The molecule has 1 aromatic carbocycles. The highest BCUT2D eigenvalue weighted by Crippen LogP contribution is 2.34. The molecule has 0 saturated heterocycles. The van der Waals surface area contributed by atoms with Crippen molar-refractivity contribution in [2.45, 2.75) is 44.1 Å². The van der Waals surface area contributed by atoms with E-state index in [9.17, 15) is 4.79 Å². The lowest BCUT2D eigenvalue weighted by molar-refractivity contribution is -0.141. The number of methoxy groups -OCH3 is 1. The number of ether oxygens (including phenoxy) is 2. The molecular formula is C17H24O3Si. The van der Waals surface area contributed by atoms with Crippen molar-refractivity contribution >= 4 is 14.0 Å². The minimum atomic E-state index is -1.25. The number of allylic oxidation sites excluding steroid dienone is 1. The molecule has 0 aromatic heterocycles. The van der Waals surface area contributed by atoms with E-state index in [-0.39, 0.29) is 18.0 Å². The van der Waals surface area contributed by atoms with Gasteiger partial charge in [0, 0.05) is 14.0 Å². The average molecular weight is 304 g/mol. The van der Waals surface area contributed by atoms with Crippen molar-refractivity contribution in [2.24, 2.45) is 0 Å². The summed E-state index contributed by atoms with van der Waals surface area (Å²) in [5.41, 5.74) is 1.22. The second-order valence-electron chi connectivity index (χ2n) is 6.78. The fourth-order valence-corrected chi connectivity index (χ4v) is 4.37. The molecule has 0 spiro atoms. The second kappa shape index (κ2) is 6.48. The normalized spacial score (nSPS) is 22.2. The molecule has 0 saturated carbocycles. The largest absolute Gasteiger partial charge is 0.484 e. The zero-order valence-electron chi connectivity index (χ0n) is 13.3. The number of hydrogen-bond acceptors (Lipinski definition) is 3. The maximum atomic E-state index is 11.9. The van der Waals surface area contributed by atoms with E-state index < -0.39 is 8.07 Å². The smallest absolute Gasteiger partial charge is 0.373 e. The molecule has 114 valence electrons. The van der Waals surface area contributed by atoms with Crippen LogP contribution in [0.2, 0.25) is 25.7 Å². The van der Waals surface area contributed by atoms with Gasteiger partial charge in [0.25, 0.3) is 0 Å². The molecular weight excluding hydrogens is 280 g/mol. The summed E-state index contributed by atoms with van der Waals surface area (Å²) in [7, 11) is 0.141. The van der Waals surface area contributed by atoms with Gasteiger partial charge in [-0.25, -0.2) is 4.79 Å². The van der Waals surface area contributed by atoms with Crippen molar-refractivity contribution in [1.82, 2.24) is 0 Å². The van der Waals surface area contributed by atoms with Gasteiger partial charge in [-0.2, -0.15) is 0 Å². The molecule has 21 heavy (non-hydrogen) atoms. The molecule has 0 fully saturated rings. The van der Waals surface area contributed by atoms with Gasteiger partial charge >= 0.3 is 5.97 Å². The van der Waals surface area contributed by atoms with Crippen LogP contribution in [0.25, 0.3) is 0 Å². The Morgan fingerprint density at radius 2 is 1.95 bits per heavy atom. The van der Waals surface area contributed by atoms with Crippen LogP contribution in [-0.4, -0.2) is 27.3 Å². The summed E-state index contributed by atoms with van der Waals surface area (Å²) >= 11 is 0. The summed E-state index contributed by atoms with van der Waals surface area (Å²) in [4.78, 5) is 11.9. The molecule has 2 atom stereocenters. The molecule has 2 rings (SSSR count). The molecule has 0 amide bonds. The zero-order chi connectivity index (χ0) is 15.5. The topological polar surface area (TPSA) is 35.5 Å². The Morgan fingerprint density at radius 1 is 1.29 bits per heavy atom. The van der Waals surface area contributed by atoms with Crippen LogP contribution in [0, 0.1) is 0 Å². The number of hydrogen-bond donors (Lipinski definition) is 0. The maximum Gasteiger partial charge on any atom is 0.373 e. The van der Waals surface area contributed by atoms with E-state index in [4.69, 9.17) is 9.47 Å². The Kier molecular flexibility index (Phi) is 4.88. The molecule has 2 unspecified atom stereocenters. The van der Waals surface area contributed by atoms with Crippen LogP contribution in [0.5, 0.6) is 0 Å². The van der Waals surface area contributed by atoms with E-state index >= 15 is 0 Å². The van der Waals surface area contributed by atoms with Crippen molar-refractivity contribution in [1.29, 1.82) is 0 Å². The summed E-state index contributed by atoms with van der Waals surface area (Å²) in [5.74, 6) is 0.201. The quantitative estimate of drug-likeness (QED) is 0.624. The lowest BCUT2D eigenvalue weighted by Crippen LogP contribution is -2.32. The first-order chi connectivity index (χ1) is 9.89. The van der Waals surface area contributed by atoms with Crippen molar-refractivity contribution in [2.75, 3.05) is 7.11 Å². The third-order valence-corrected chi connectivity index (χ3v) is 5.30. The third-order valence-electron chi connectivity index (χ3n) is 3.62. The first kappa shape index (κ1) is 15.8. The van der Waals surface area contributed by atoms with E-state index in [1.807, 2.05) is 24.3 Å². The fourth-order valence-electron chi connectivity index (χ4n) is 2.76. The van der Waals surface area contributed by atoms with Gasteiger partial charge in [-0.05, 0) is 24.1 Å². The Morgan fingerprint density at radius 3 is 2.52 bits per heavy atom. The number of carbonyl (C=O) groups excluding carboxylic acids is 1. The highest BCUT2D eigenvalue weighted by Gasteiger charge is 2.31. The summed E-state index contributed by atoms with van der Waals surface area (Å²) in [5, 5.41) is 0. The van der Waals surface area contributed by atoms with Crippen LogP contribution < -0.4 is 0 Å². The molecule has 1 aromatic rings. The molecule has 1 aliphatic heterocycles. The minimum Gasteiger partial charge on any atom is -0.484 e. The molecule has 0 aliphatic carbocycles. The average Bonchev–Trinajstić information content (AvgIpc) is 2.45. The Labute approximate surface area is 128 Å². The van der Waals surface area contributed by atoms with Crippen molar-refractivity contribution < 1.29 is 14.3 Å². The maximum absolute atomic E-state index is 11.9. The number of esters is 1. The molecule has 1 heterocycles. The van der Waals surface area contributed by atoms with Crippen LogP contribution in [0.4, 0.5) is 0 Å². The monoisotopic (exact) mass is 304 g/mol. The van der Waals surface area contributed by atoms with Gasteiger partial charge in [0.15, 0.2) is 0 Å². The fraction of sp³-hybridized carbons (Fsp3) is 0.471. The van der Waals surface area contributed by atoms with Crippen LogP contribution in [0.1, 0.15) is 17.9 Å². The van der Waals surface area contributed by atoms with E-state index in [0.717, 1.165) is 12.5 Å². The van der Waals surface area contributed by atoms with Gasteiger partial charge in [-0.3, -0.25) is 0 Å². The molecule has 0 radical (unpaired) electrons. The van der Waals surface area contributed by atoms with Crippen molar-refractivity contribution in [3.63, 3.8) is 0 Å². The van der Waals surface area contributed by atoms with Crippen LogP contribution >= 0.6 is 0 Å². The Bertz CT molecular complexity index is 517. The molecule has 0 N–H and O–H groups in total. The second-order valence-corrected chi connectivity index (χ2v) is 12.3. The zero-order valence-corrected chi connectivity index (χ0v) is 14.3. The summed E-state index contributed by atoms with van der Waals surface area (Å²) in [6.45, 7) is 6.97. The minimum absolute atomic E-state index is 0.0981. The Balaban J connectivity index is 2.25. The number of carbonyl (C=O) groups is 1. The van der Waals surface area contributed by atoms with Crippen LogP contribution in [0.3, 0.4) is 0 Å². The lowest BCUT2D eigenvalue weighted by Gasteiger charge is -2.32. The van der Waals surface area contributed by atoms with E-state index in [0.29, 0.717) is 5.76 Å².